The normalized spacial score (nSPS) is 10.5. The van der Waals surface area contributed by atoms with Gasteiger partial charge in [-0.15, -0.1) is 0 Å². The minimum Gasteiger partial charge on any atom is -0.458 e. The molecule has 88 valence electrons. The molecule has 0 fully saturated rings. The number of benzene rings is 1. The number of aryl methyl sites for hydroxylation is 1. The lowest BCUT2D eigenvalue weighted by Crippen LogP contribution is -2.04. The van der Waals surface area contributed by atoms with Crippen LogP contribution in [0.1, 0.15) is 21.9 Å². The van der Waals surface area contributed by atoms with E-state index < -0.39 is 5.82 Å². The second-order valence-corrected chi connectivity index (χ2v) is 4.18. The molecular formula is C13H10ClFO2. The number of furan rings is 1. The van der Waals surface area contributed by atoms with Gasteiger partial charge in [0.15, 0.2) is 5.76 Å². The number of carbonyl (C=O) groups is 1. The van der Waals surface area contributed by atoms with E-state index in [0.29, 0.717) is 16.3 Å². The minimum atomic E-state index is -0.478. The largest absolute Gasteiger partial charge is 0.458 e. The Morgan fingerprint density at radius 2 is 2.12 bits per heavy atom. The van der Waals surface area contributed by atoms with Gasteiger partial charge in [-0.1, -0.05) is 17.7 Å². The molecule has 1 aromatic heterocycles. The van der Waals surface area contributed by atoms with Gasteiger partial charge in [0, 0.05) is 11.4 Å². The van der Waals surface area contributed by atoms with E-state index in [1.54, 1.807) is 25.1 Å². The molecule has 0 amide bonds. The van der Waals surface area contributed by atoms with Gasteiger partial charge in [0.05, 0.1) is 0 Å². The standard InChI is InChI=1S/C13H10ClFO2/c1-8-2-5-13(17-8)12(16)6-9-3-4-10(14)7-11(9)15/h2-5,7H,6H2,1H3. The molecule has 4 heteroatoms. The Bertz CT molecular complexity index is 560. The maximum absolute atomic E-state index is 13.5. The third kappa shape index (κ3) is 2.74. The molecule has 0 unspecified atom stereocenters. The number of carbonyl (C=O) groups excluding carboxylic acids is 1. The third-order valence-corrected chi connectivity index (χ3v) is 2.62. The Labute approximate surface area is 103 Å². The predicted molar refractivity (Wildman–Crippen MR) is 62.9 cm³/mol. The minimum absolute atomic E-state index is 0.0318. The first kappa shape index (κ1) is 11.9. The zero-order valence-corrected chi connectivity index (χ0v) is 9.92. The monoisotopic (exact) mass is 252 g/mol. The van der Waals surface area contributed by atoms with Crippen molar-refractivity contribution in [2.45, 2.75) is 13.3 Å². The molecule has 0 atom stereocenters. The number of halogens is 2. The molecule has 0 aliphatic heterocycles. The summed E-state index contributed by atoms with van der Waals surface area (Å²) in [6, 6.07) is 7.54. The van der Waals surface area contributed by atoms with Crippen molar-refractivity contribution >= 4 is 17.4 Å². The first-order chi connectivity index (χ1) is 8.06. The predicted octanol–water partition coefficient (Wildman–Crippen LogP) is 3.81. The molecule has 2 nitrogen and oxygen atoms in total. The summed E-state index contributed by atoms with van der Waals surface area (Å²) >= 11 is 5.63. The van der Waals surface area contributed by atoms with Gasteiger partial charge in [-0.25, -0.2) is 4.39 Å². The molecule has 17 heavy (non-hydrogen) atoms. The summed E-state index contributed by atoms with van der Waals surface area (Å²) in [4.78, 5) is 11.8. The van der Waals surface area contributed by atoms with E-state index in [4.69, 9.17) is 16.0 Å². The fourth-order valence-electron chi connectivity index (χ4n) is 1.51. The molecule has 0 bridgehead atoms. The van der Waals surface area contributed by atoms with Gasteiger partial charge in [0.1, 0.15) is 11.6 Å². The third-order valence-electron chi connectivity index (χ3n) is 2.38. The molecule has 0 saturated carbocycles. The summed E-state index contributed by atoms with van der Waals surface area (Å²) in [5, 5.41) is 0.313. The number of Topliss-reactive ketones (excluding diaryl/α,β-unsaturated/α-hetero) is 1. The van der Waals surface area contributed by atoms with E-state index in [1.807, 2.05) is 0 Å². The summed E-state index contributed by atoms with van der Waals surface area (Å²) in [6.45, 7) is 1.75. The lowest BCUT2D eigenvalue weighted by Gasteiger charge is -2.01. The highest BCUT2D eigenvalue weighted by Gasteiger charge is 2.13. The number of ketones is 1. The van der Waals surface area contributed by atoms with Crippen molar-refractivity contribution in [1.82, 2.24) is 0 Å². The van der Waals surface area contributed by atoms with Crippen LogP contribution in [0.25, 0.3) is 0 Å². The molecular weight excluding hydrogens is 243 g/mol. The quantitative estimate of drug-likeness (QED) is 0.778. The number of hydrogen-bond acceptors (Lipinski definition) is 2. The van der Waals surface area contributed by atoms with E-state index in [2.05, 4.69) is 0 Å². The fourth-order valence-corrected chi connectivity index (χ4v) is 1.67. The van der Waals surface area contributed by atoms with Crippen molar-refractivity contribution in [3.8, 4) is 0 Å². The fraction of sp³-hybridized carbons (Fsp3) is 0.154. The molecule has 0 saturated heterocycles. The van der Waals surface area contributed by atoms with Gasteiger partial charge in [-0.3, -0.25) is 4.79 Å². The van der Waals surface area contributed by atoms with Crippen LogP contribution in [0.3, 0.4) is 0 Å². The summed E-state index contributed by atoms with van der Waals surface area (Å²) in [5.41, 5.74) is 0.313. The van der Waals surface area contributed by atoms with Crippen molar-refractivity contribution in [2.24, 2.45) is 0 Å². The summed E-state index contributed by atoms with van der Waals surface area (Å²) in [7, 11) is 0. The first-order valence-electron chi connectivity index (χ1n) is 5.10. The average molecular weight is 253 g/mol. The van der Waals surface area contributed by atoms with Crippen LogP contribution in [0.15, 0.2) is 34.7 Å². The van der Waals surface area contributed by atoms with Gasteiger partial charge in [0.2, 0.25) is 5.78 Å². The number of hydrogen-bond donors (Lipinski definition) is 0. The summed E-state index contributed by atoms with van der Waals surface area (Å²) in [5.74, 6) is 0.176. The Balaban J connectivity index is 2.18. The van der Waals surface area contributed by atoms with Crippen LogP contribution in [0.2, 0.25) is 5.02 Å². The van der Waals surface area contributed by atoms with E-state index in [0.717, 1.165) is 0 Å². The van der Waals surface area contributed by atoms with E-state index >= 15 is 0 Å². The lowest BCUT2D eigenvalue weighted by molar-refractivity contribution is 0.0964. The Hall–Kier alpha value is -1.61. The highest BCUT2D eigenvalue weighted by atomic mass is 35.5. The van der Waals surface area contributed by atoms with Crippen LogP contribution in [0.5, 0.6) is 0 Å². The molecule has 0 spiro atoms. The molecule has 1 heterocycles. The van der Waals surface area contributed by atoms with Crippen LogP contribution in [-0.2, 0) is 6.42 Å². The van der Waals surface area contributed by atoms with Crippen LogP contribution in [-0.4, -0.2) is 5.78 Å². The molecule has 0 N–H and O–H groups in total. The topological polar surface area (TPSA) is 30.2 Å². The van der Waals surface area contributed by atoms with Crippen molar-refractivity contribution in [1.29, 1.82) is 0 Å². The van der Waals surface area contributed by atoms with Gasteiger partial charge < -0.3 is 4.42 Å². The van der Waals surface area contributed by atoms with Gasteiger partial charge in [0.25, 0.3) is 0 Å². The maximum atomic E-state index is 13.5. The molecule has 0 aliphatic carbocycles. The molecule has 0 radical (unpaired) electrons. The molecule has 0 aliphatic rings. The van der Waals surface area contributed by atoms with Gasteiger partial charge >= 0.3 is 0 Å². The molecule has 2 aromatic rings. The highest BCUT2D eigenvalue weighted by molar-refractivity contribution is 6.30. The Morgan fingerprint density at radius 1 is 1.35 bits per heavy atom. The van der Waals surface area contributed by atoms with Crippen molar-refractivity contribution in [3.63, 3.8) is 0 Å². The summed E-state index contributed by atoms with van der Waals surface area (Å²) < 4.78 is 18.6. The Kier molecular flexibility index (Phi) is 3.29. The van der Waals surface area contributed by atoms with Crippen molar-refractivity contribution in [3.05, 3.63) is 58.3 Å². The zero-order valence-electron chi connectivity index (χ0n) is 9.17. The zero-order chi connectivity index (χ0) is 12.4. The van der Waals surface area contributed by atoms with Crippen LogP contribution < -0.4 is 0 Å². The second kappa shape index (κ2) is 4.72. The lowest BCUT2D eigenvalue weighted by atomic mass is 10.1. The van der Waals surface area contributed by atoms with Gasteiger partial charge in [-0.05, 0) is 36.8 Å². The van der Waals surface area contributed by atoms with E-state index in [-0.39, 0.29) is 18.0 Å². The summed E-state index contributed by atoms with van der Waals surface area (Å²) in [6.07, 6.45) is -0.0318. The highest BCUT2D eigenvalue weighted by Crippen LogP contribution is 2.17. The van der Waals surface area contributed by atoms with Crippen molar-refractivity contribution < 1.29 is 13.6 Å². The van der Waals surface area contributed by atoms with E-state index in [1.165, 1.54) is 12.1 Å². The van der Waals surface area contributed by atoms with Crippen molar-refractivity contribution in [2.75, 3.05) is 0 Å². The first-order valence-corrected chi connectivity index (χ1v) is 5.47. The van der Waals surface area contributed by atoms with Crippen LogP contribution in [0.4, 0.5) is 4.39 Å². The van der Waals surface area contributed by atoms with Gasteiger partial charge in [-0.2, -0.15) is 0 Å². The maximum Gasteiger partial charge on any atom is 0.202 e. The van der Waals surface area contributed by atoms with E-state index in [9.17, 15) is 9.18 Å². The smallest absolute Gasteiger partial charge is 0.202 e. The van der Waals surface area contributed by atoms with Crippen LogP contribution >= 0.6 is 11.6 Å². The van der Waals surface area contributed by atoms with Crippen LogP contribution in [0, 0.1) is 12.7 Å². The Morgan fingerprint density at radius 3 is 2.71 bits per heavy atom. The second-order valence-electron chi connectivity index (χ2n) is 3.75. The molecule has 1 aromatic carbocycles. The SMILES string of the molecule is Cc1ccc(C(=O)Cc2ccc(Cl)cc2F)o1. The number of rotatable bonds is 3. The molecule has 2 rings (SSSR count). The average Bonchev–Trinajstić information content (AvgIpc) is 2.69.